The second-order valence-corrected chi connectivity index (χ2v) is 2.35. The molecule has 2 unspecified atom stereocenters. The van der Waals surface area contributed by atoms with Gasteiger partial charge in [-0.3, -0.25) is 4.99 Å². The predicted octanol–water partition coefficient (Wildman–Crippen LogP) is 2.14. The molecule has 2 heteroatoms. The summed E-state index contributed by atoms with van der Waals surface area (Å²) in [5.74, 6) is 0.967. The third-order valence-corrected chi connectivity index (χ3v) is 1.58. The molecule has 68 valence electrons. The van der Waals surface area contributed by atoms with Gasteiger partial charge >= 0.3 is 0 Å². The van der Waals surface area contributed by atoms with Crippen LogP contribution in [-0.4, -0.2) is 17.9 Å². The number of amidine groups is 1. The van der Waals surface area contributed by atoms with Crippen LogP contribution in [0.1, 0.15) is 20.8 Å². The quantitative estimate of drug-likeness (QED) is 0.624. The molecule has 2 atom stereocenters. The molecule has 0 saturated heterocycles. The van der Waals surface area contributed by atoms with Gasteiger partial charge in [-0.25, -0.2) is 0 Å². The summed E-state index contributed by atoms with van der Waals surface area (Å²) in [5.41, 5.74) is 0. The Balaban J connectivity index is 0.000000561. The molecule has 1 N–H and O–H groups in total. The van der Waals surface area contributed by atoms with Gasteiger partial charge in [0.1, 0.15) is 0 Å². The summed E-state index contributed by atoms with van der Waals surface area (Å²) in [7, 11) is 0. The molecule has 0 spiro atoms. The summed E-state index contributed by atoms with van der Waals surface area (Å²) in [6.07, 6.45) is 3.68. The smallest absolute Gasteiger partial charge is 0.0945 e. The average molecular weight is 166 g/mol. The topological polar surface area (TPSA) is 24.4 Å². The second kappa shape index (κ2) is 5.58. The lowest BCUT2D eigenvalue weighted by atomic mass is 10.1. The summed E-state index contributed by atoms with van der Waals surface area (Å²) in [6, 6.07) is 0.426. The highest BCUT2D eigenvalue weighted by atomic mass is 15.1. The monoisotopic (exact) mass is 166 g/mol. The predicted molar refractivity (Wildman–Crippen MR) is 55.6 cm³/mol. The number of aliphatic imine (C=N–C) groups is 1. The zero-order valence-electron chi connectivity index (χ0n) is 8.17. The van der Waals surface area contributed by atoms with Crippen LogP contribution in [-0.2, 0) is 0 Å². The second-order valence-electron chi connectivity index (χ2n) is 2.35. The molecule has 0 aromatic heterocycles. The molecule has 0 aromatic rings. The molecular weight excluding hydrogens is 148 g/mol. The van der Waals surface area contributed by atoms with Crippen LogP contribution in [0.25, 0.3) is 0 Å². The van der Waals surface area contributed by atoms with Gasteiger partial charge in [0, 0.05) is 0 Å². The van der Waals surface area contributed by atoms with Gasteiger partial charge in [0.05, 0.1) is 17.9 Å². The third kappa shape index (κ3) is 2.53. The Morgan fingerprint density at radius 1 is 1.33 bits per heavy atom. The molecule has 1 aliphatic rings. The molecule has 0 aliphatic carbocycles. The van der Waals surface area contributed by atoms with Gasteiger partial charge in [0.15, 0.2) is 0 Å². The SMILES string of the molecule is C=CC1N=C(C)NC1C=C.CC. The molecule has 1 heterocycles. The number of nitrogens with zero attached hydrogens (tertiary/aromatic N) is 1. The van der Waals surface area contributed by atoms with Crippen LogP contribution in [0.15, 0.2) is 30.3 Å². The van der Waals surface area contributed by atoms with Crippen LogP contribution in [0.3, 0.4) is 0 Å². The van der Waals surface area contributed by atoms with Crippen LogP contribution in [0, 0.1) is 0 Å². The highest BCUT2D eigenvalue weighted by Gasteiger charge is 2.20. The first kappa shape index (κ1) is 11.0. The van der Waals surface area contributed by atoms with E-state index in [-0.39, 0.29) is 12.1 Å². The van der Waals surface area contributed by atoms with Gasteiger partial charge in [-0.05, 0) is 6.92 Å². The van der Waals surface area contributed by atoms with E-state index in [1.807, 2.05) is 32.9 Å². The third-order valence-electron chi connectivity index (χ3n) is 1.58. The van der Waals surface area contributed by atoms with Crippen LogP contribution in [0.2, 0.25) is 0 Å². The minimum Gasteiger partial charge on any atom is -0.365 e. The van der Waals surface area contributed by atoms with Gasteiger partial charge in [0.2, 0.25) is 0 Å². The molecule has 0 fully saturated rings. The Bertz CT molecular complexity index is 182. The Hall–Kier alpha value is -1.05. The molecule has 1 aliphatic heterocycles. The molecule has 0 bridgehead atoms. The van der Waals surface area contributed by atoms with E-state index >= 15 is 0 Å². The summed E-state index contributed by atoms with van der Waals surface area (Å²) < 4.78 is 0. The van der Waals surface area contributed by atoms with Crippen LogP contribution in [0.4, 0.5) is 0 Å². The van der Waals surface area contributed by atoms with Crippen LogP contribution < -0.4 is 5.32 Å². The molecular formula is C10H18N2. The largest absolute Gasteiger partial charge is 0.365 e. The number of rotatable bonds is 2. The van der Waals surface area contributed by atoms with Crippen molar-refractivity contribution in [1.29, 1.82) is 0 Å². The zero-order chi connectivity index (χ0) is 9.56. The number of hydrogen-bond acceptors (Lipinski definition) is 2. The first-order valence-corrected chi connectivity index (χ1v) is 4.34. The van der Waals surface area contributed by atoms with Gasteiger partial charge in [-0.15, -0.1) is 13.2 Å². The Morgan fingerprint density at radius 2 is 1.92 bits per heavy atom. The van der Waals surface area contributed by atoms with Gasteiger partial charge in [-0.1, -0.05) is 26.0 Å². The zero-order valence-corrected chi connectivity index (χ0v) is 8.17. The highest BCUT2D eigenvalue weighted by molar-refractivity contribution is 5.82. The molecule has 0 aromatic carbocycles. The van der Waals surface area contributed by atoms with E-state index in [1.165, 1.54) is 0 Å². The molecule has 0 amide bonds. The molecule has 12 heavy (non-hydrogen) atoms. The fourth-order valence-corrected chi connectivity index (χ4v) is 1.07. The first-order valence-electron chi connectivity index (χ1n) is 4.34. The van der Waals surface area contributed by atoms with Crippen molar-refractivity contribution < 1.29 is 0 Å². The average Bonchev–Trinajstić information content (AvgIpc) is 2.49. The maximum absolute atomic E-state index is 4.28. The van der Waals surface area contributed by atoms with Crippen molar-refractivity contribution >= 4 is 5.84 Å². The normalized spacial score (nSPS) is 26.1. The van der Waals surface area contributed by atoms with Gasteiger partial charge in [0.25, 0.3) is 0 Å². The molecule has 0 saturated carbocycles. The maximum Gasteiger partial charge on any atom is 0.0945 e. The van der Waals surface area contributed by atoms with Crippen molar-refractivity contribution in [2.75, 3.05) is 0 Å². The van der Waals surface area contributed by atoms with E-state index in [2.05, 4.69) is 23.5 Å². The lowest BCUT2D eigenvalue weighted by Gasteiger charge is -2.08. The van der Waals surface area contributed by atoms with E-state index in [0.717, 1.165) is 5.84 Å². The van der Waals surface area contributed by atoms with Crippen LogP contribution in [0.5, 0.6) is 0 Å². The summed E-state index contributed by atoms with van der Waals surface area (Å²) in [5, 5.41) is 3.17. The van der Waals surface area contributed by atoms with Crippen molar-refractivity contribution in [3.05, 3.63) is 25.3 Å². The summed E-state index contributed by atoms with van der Waals surface area (Å²) in [4.78, 5) is 4.28. The standard InChI is InChI=1S/C8H12N2.C2H6/c1-4-7-8(5-2)10-6(3)9-7;1-2/h4-5,7-8H,1-2H2,3H3,(H,9,10);1-2H3. The Morgan fingerprint density at radius 3 is 2.25 bits per heavy atom. The van der Waals surface area contributed by atoms with Gasteiger partial charge in [-0.2, -0.15) is 0 Å². The fourth-order valence-electron chi connectivity index (χ4n) is 1.07. The minimum atomic E-state index is 0.178. The van der Waals surface area contributed by atoms with Crippen molar-refractivity contribution in [2.24, 2.45) is 4.99 Å². The maximum atomic E-state index is 4.28. The van der Waals surface area contributed by atoms with E-state index in [4.69, 9.17) is 0 Å². The highest BCUT2D eigenvalue weighted by Crippen LogP contribution is 2.08. The Kier molecular flexibility index (Phi) is 5.09. The Labute approximate surface area is 75.1 Å². The van der Waals surface area contributed by atoms with Crippen molar-refractivity contribution in [3.8, 4) is 0 Å². The minimum absolute atomic E-state index is 0.178. The lowest BCUT2D eigenvalue weighted by molar-refractivity contribution is 0.703. The first-order chi connectivity index (χ1) is 5.77. The van der Waals surface area contributed by atoms with Crippen molar-refractivity contribution in [3.63, 3.8) is 0 Å². The van der Waals surface area contributed by atoms with E-state index in [1.54, 1.807) is 0 Å². The molecule has 2 nitrogen and oxygen atoms in total. The number of nitrogens with one attached hydrogen (secondary N) is 1. The van der Waals surface area contributed by atoms with E-state index in [0.29, 0.717) is 0 Å². The summed E-state index contributed by atoms with van der Waals surface area (Å²) >= 11 is 0. The van der Waals surface area contributed by atoms with Crippen molar-refractivity contribution in [1.82, 2.24) is 5.32 Å². The van der Waals surface area contributed by atoms with Crippen LogP contribution >= 0.6 is 0 Å². The van der Waals surface area contributed by atoms with E-state index in [9.17, 15) is 0 Å². The number of hydrogen-bond donors (Lipinski definition) is 1. The fraction of sp³-hybridized carbons (Fsp3) is 0.500. The molecule has 0 radical (unpaired) electrons. The summed E-state index contributed by atoms with van der Waals surface area (Å²) in [6.45, 7) is 13.3. The van der Waals surface area contributed by atoms with Gasteiger partial charge < -0.3 is 5.32 Å². The van der Waals surface area contributed by atoms with Crippen molar-refractivity contribution in [2.45, 2.75) is 32.9 Å². The van der Waals surface area contributed by atoms with E-state index < -0.39 is 0 Å². The molecule has 1 rings (SSSR count). The lowest BCUT2D eigenvalue weighted by Crippen LogP contribution is -2.30.